The second-order valence-electron chi connectivity index (χ2n) is 12.5. The van der Waals surface area contributed by atoms with Gasteiger partial charge in [-0.2, -0.15) is 0 Å². The second kappa shape index (κ2) is 6.09. The predicted octanol–water partition coefficient (Wildman–Crippen LogP) is 5.20. The Hall–Kier alpha value is -0.830. The summed E-state index contributed by atoms with van der Waals surface area (Å²) < 4.78 is 6.00. The molecule has 3 aliphatic carbocycles. The Bertz CT molecular complexity index is 711. The van der Waals surface area contributed by atoms with Crippen LogP contribution in [0.2, 0.25) is 0 Å². The third kappa shape index (κ3) is 2.99. The Morgan fingerprint density at radius 3 is 2.75 bits per heavy atom. The van der Waals surface area contributed by atoms with Gasteiger partial charge in [-0.25, -0.2) is 0 Å². The normalized spacial score (nSPS) is 50.0. The second-order valence-corrected chi connectivity index (χ2v) is 12.5. The minimum atomic E-state index is 0.0437. The molecular formula is C25H39NO2. The highest BCUT2D eigenvalue weighted by atomic mass is 16.6. The molecule has 0 radical (unpaired) electrons. The number of carbonyl (C=O) groups excluding carboxylic acids is 1. The Morgan fingerprint density at radius 1 is 1.18 bits per heavy atom. The Balaban J connectivity index is 1.39. The highest BCUT2D eigenvalue weighted by Crippen LogP contribution is 2.56. The molecule has 5 aliphatic rings. The average molecular weight is 386 g/mol. The van der Waals surface area contributed by atoms with Gasteiger partial charge in [0.1, 0.15) is 6.10 Å². The van der Waals surface area contributed by atoms with Crippen LogP contribution in [0.3, 0.4) is 0 Å². The molecule has 0 N–H and O–H groups in total. The number of likely N-dealkylation sites (tertiary alicyclic amines) is 1. The van der Waals surface area contributed by atoms with Gasteiger partial charge in [0.25, 0.3) is 0 Å². The van der Waals surface area contributed by atoms with Gasteiger partial charge < -0.3 is 4.74 Å². The van der Waals surface area contributed by atoms with E-state index in [9.17, 15) is 4.79 Å². The smallest absolute Gasteiger partial charge is 0.311 e. The number of allylic oxidation sites excluding steroid dienone is 1. The van der Waals surface area contributed by atoms with E-state index in [2.05, 4.69) is 45.6 Å². The van der Waals surface area contributed by atoms with Crippen LogP contribution >= 0.6 is 0 Å². The van der Waals surface area contributed by atoms with Crippen LogP contribution in [-0.2, 0) is 9.53 Å². The van der Waals surface area contributed by atoms with Crippen molar-refractivity contribution in [2.45, 2.75) is 91.7 Å². The first-order valence-electron chi connectivity index (χ1n) is 11.7. The van der Waals surface area contributed by atoms with Crippen LogP contribution in [0.25, 0.3) is 0 Å². The first-order chi connectivity index (χ1) is 13.1. The van der Waals surface area contributed by atoms with E-state index >= 15 is 0 Å². The number of esters is 1. The summed E-state index contributed by atoms with van der Waals surface area (Å²) in [5.41, 5.74) is 2.75. The molecule has 7 atom stereocenters. The quantitative estimate of drug-likeness (QED) is 0.483. The van der Waals surface area contributed by atoms with Gasteiger partial charge in [0.15, 0.2) is 0 Å². The van der Waals surface area contributed by atoms with Gasteiger partial charge >= 0.3 is 5.97 Å². The Labute approximate surface area is 171 Å². The molecule has 2 bridgehead atoms. The lowest BCUT2D eigenvalue weighted by molar-refractivity contribution is -0.145. The molecule has 5 rings (SSSR count). The number of fused-ring (bicyclic) bond motifs is 4. The van der Waals surface area contributed by atoms with Crippen molar-refractivity contribution in [3.8, 4) is 0 Å². The summed E-state index contributed by atoms with van der Waals surface area (Å²) in [6, 6.07) is 0.649. The van der Waals surface area contributed by atoms with Crippen LogP contribution in [0.4, 0.5) is 0 Å². The third-order valence-electron chi connectivity index (χ3n) is 9.04. The van der Waals surface area contributed by atoms with Crippen LogP contribution in [0.15, 0.2) is 11.6 Å². The summed E-state index contributed by atoms with van der Waals surface area (Å²) in [6.45, 7) is 14.2. The molecule has 3 heteroatoms. The highest BCUT2D eigenvalue weighted by molar-refractivity contribution is 5.76. The minimum absolute atomic E-state index is 0.0437. The average Bonchev–Trinajstić information content (AvgIpc) is 2.97. The van der Waals surface area contributed by atoms with Crippen molar-refractivity contribution in [3.63, 3.8) is 0 Å². The van der Waals surface area contributed by atoms with E-state index in [0.29, 0.717) is 28.7 Å². The van der Waals surface area contributed by atoms with Crippen molar-refractivity contribution in [2.24, 2.45) is 34.0 Å². The molecule has 4 fully saturated rings. The van der Waals surface area contributed by atoms with E-state index in [4.69, 9.17) is 4.74 Å². The van der Waals surface area contributed by atoms with E-state index in [-0.39, 0.29) is 23.4 Å². The number of nitrogens with zero attached hydrogens (tertiary/aromatic N) is 1. The molecular weight excluding hydrogens is 346 g/mol. The van der Waals surface area contributed by atoms with Crippen LogP contribution in [0.5, 0.6) is 0 Å². The summed E-state index contributed by atoms with van der Waals surface area (Å²) >= 11 is 0. The maximum atomic E-state index is 12.9. The van der Waals surface area contributed by atoms with Gasteiger partial charge in [-0.3, -0.25) is 9.69 Å². The van der Waals surface area contributed by atoms with Gasteiger partial charge in [0, 0.05) is 25.0 Å². The molecule has 3 nitrogen and oxygen atoms in total. The fourth-order valence-electron chi connectivity index (χ4n) is 8.30. The van der Waals surface area contributed by atoms with Crippen LogP contribution < -0.4 is 0 Å². The van der Waals surface area contributed by atoms with E-state index in [1.807, 2.05) is 0 Å². The zero-order chi connectivity index (χ0) is 19.9. The Kier molecular flexibility index (Phi) is 4.17. The summed E-state index contributed by atoms with van der Waals surface area (Å²) in [5, 5.41) is 0. The van der Waals surface area contributed by atoms with Crippen molar-refractivity contribution >= 4 is 5.97 Å². The zero-order valence-electron chi connectivity index (χ0n) is 18.6. The van der Waals surface area contributed by atoms with Gasteiger partial charge in [0.2, 0.25) is 0 Å². The SMILES string of the molecule is C[C@H]1CCC[C@]2(C)C[C@H]3OC(=O)[C@@H](CN4C[C@]5(C)C[C@H]4CC(C)(C)C5)[C@H]3C=C12. The van der Waals surface area contributed by atoms with E-state index in [1.165, 1.54) is 38.5 Å². The van der Waals surface area contributed by atoms with Crippen LogP contribution in [-0.4, -0.2) is 36.1 Å². The molecule has 0 aromatic heterocycles. The maximum Gasteiger partial charge on any atom is 0.311 e. The molecule has 156 valence electrons. The number of hydrogen-bond acceptors (Lipinski definition) is 3. The van der Waals surface area contributed by atoms with Crippen LogP contribution in [0.1, 0.15) is 79.6 Å². The molecule has 2 heterocycles. The standard InChI is InChI=1S/C25H39NO2/c1-16-7-6-8-25(5)12-21-18(9-20(16)25)19(22(27)28-21)13-26-15-24(4)11-17(26)10-23(2,3)14-24/h9,16-19,21H,6-8,10-15H2,1-5H3/t16-,17+,18+,19-,21+,24+,25+/m0/s1. The summed E-state index contributed by atoms with van der Waals surface area (Å²) in [5.74, 6) is 1.09. The molecule has 0 unspecified atom stereocenters. The van der Waals surface area contributed by atoms with E-state index < -0.39 is 0 Å². The molecule has 2 aliphatic heterocycles. The molecule has 0 aromatic carbocycles. The fraction of sp³-hybridized carbons (Fsp3) is 0.880. The lowest BCUT2D eigenvalue weighted by Gasteiger charge is -2.46. The van der Waals surface area contributed by atoms with Gasteiger partial charge in [-0.05, 0) is 60.7 Å². The van der Waals surface area contributed by atoms with Gasteiger partial charge in [-0.15, -0.1) is 0 Å². The summed E-state index contributed by atoms with van der Waals surface area (Å²) in [4.78, 5) is 15.6. The van der Waals surface area contributed by atoms with Crippen molar-refractivity contribution in [1.29, 1.82) is 0 Å². The largest absolute Gasteiger partial charge is 0.461 e. The topological polar surface area (TPSA) is 29.5 Å². The first-order valence-corrected chi connectivity index (χ1v) is 11.7. The lowest BCUT2D eigenvalue weighted by atomic mass is 9.59. The summed E-state index contributed by atoms with van der Waals surface area (Å²) in [7, 11) is 0. The van der Waals surface area contributed by atoms with Crippen molar-refractivity contribution in [2.75, 3.05) is 13.1 Å². The summed E-state index contributed by atoms with van der Waals surface area (Å²) in [6.07, 6.45) is 11.5. The highest BCUT2D eigenvalue weighted by Gasteiger charge is 2.55. The minimum Gasteiger partial charge on any atom is -0.461 e. The van der Waals surface area contributed by atoms with E-state index in [1.54, 1.807) is 5.57 Å². The van der Waals surface area contributed by atoms with E-state index in [0.717, 1.165) is 19.5 Å². The van der Waals surface area contributed by atoms with Crippen molar-refractivity contribution in [3.05, 3.63) is 11.6 Å². The number of carbonyl (C=O) groups is 1. The van der Waals surface area contributed by atoms with Crippen molar-refractivity contribution in [1.82, 2.24) is 4.90 Å². The molecule has 0 aromatic rings. The van der Waals surface area contributed by atoms with Crippen molar-refractivity contribution < 1.29 is 9.53 Å². The molecule has 2 saturated carbocycles. The first kappa shape index (κ1) is 19.2. The molecule has 0 spiro atoms. The molecule has 0 amide bonds. The lowest BCUT2D eigenvalue weighted by Crippen LogP contribution is -2.42. The predicted molar refractivity (Wildman–Crippen MR) is 112 cm³/mol. The maximum absolute atomic E-state index is 12.9. The number of rotatable bonds is 2. The molecule has 2 saturated heterocycles. The Morgan fingerprint density at radius 2 is 1.96 bits per heavy atom. The molecule has 28 heavy (non-hydrogen) atoms. The van der Waals surface area contributed by atoms with Gasteiger partial charge in [0.05, 0.1) is 5.92 Å². The number of ether oxygens (including phenoxy) is 1. The zero-order valence-corrected chi connectivity index (χ0v) is 18.6. The fourth-order valence-corrected chi connectivity index (χ4v) is 8.30. The van der Waals surface area contributed by atoms with Crippen LogP contribution in [0, 0.1) is 34.0 Å². The van der Waals surface area contributed by atoms with Gasteiger partial charge in [-0.1, -0.05) is 52.7 Å². The number of hydrogen-bond donors (Lipinski definition) is 0. The monoisotopic (exact) mass is 385 g/mol. The third-order valence-corrected chi connectivity index (χ3v) is 9.04.